The van der Waals surface area contributed by atoms with Crippen LogP contribution in [-0.4, -0.2) is 34.7 Å². The third-order valence-corrected chi connectivity index (χ3v) is 2.05. The van der Waals surface area contributed by atoms with Crippen molar-refractivity contribution in [1.29, 1.82) is 0 Å². The zero-order chi connectivity index (χ0) is 12.1. The van der Waals surface area contributed by atoms with Gasteiger partial charge >= 0.3 is 5.97 Å². The number of hydrogen-bond donors (Lipinski definition) is 3. The van der Waals surface area contributed by atoms with Crippen molar-refractivity contribution < 1.29 is 19.8 Å². The molecule has 16 heavy (non-hydrogen) atoms. The molecule has 0 aromatic heterocycles. The van der Waals surface area contributed by atoms with Gasteiger partial charge in [-0.15, -0.1) is 0 Å². The van der Waals surface area contributed by atoms with E-state index in [1.54, 1.807) is 24.3 Å². The molecule has 1 amide bonds. The van der Waals surface area contributed by atoms with E-state index in [1.807, 2.05) is 6.92 Å². The summed E-state index contributed by atoms with van der Waals surface area (Å²) in [5.41, 5.74) is 1.46. The highest BCUT2D eigenvalue weighted by molar-refractivity contribution is 5.94. The highest BCUT2D eigenvalue weighted by Crippen LogP contribution is 2.02. The molecule has 1 atom stereocenters. The van der Waals surface area contributed by atoms with Gasteiger partial charge in [-0.2, -0.15) is 0 Å². The third kappa shape index (κ3) is 3.36. The summed E-state index contributed by atoms with van der Waals surface area (Å²) in [6.45, 7) is 1.60. The Morgan fingerprint density at radius 3 is 2.38 bits per heavy atom. The van der Waals surface area contributed by atoms with E-state index in [1.165, 1.54) is 0 Å². The first kappa shape index (κ1) is 12.2. The molecular formula is C11H13NO4. The molecule has 1 aromatic rings. The lowest BCUT2D eigenvalue weighted by Gasteiger charge is -2.07. The van der Waals surface area contributed by atoms with Crippen LogP contribution < -0.4 is 5.32 Å². The van der Waals surface area contributed by atoms with Crippen LogP contribution in [0.3, 0.4) is 0 Å². The molecule has 0 aliphatic heterocycles. The molecule has 0 saturated carbocycles. The first-order valence-electron chi connectivity index (χ1n) is 4.76. The molecule has 0 aliphatic rings. The number of hydrogen-bond acceptors (Lipinski definition) is 3. The van der Waals surface area contributed by atoms with E-state index >= 15 is 0 Å². The molecule has 0 aliphatic carbocycles. The van der Waals surface area contributed by atoms with Crippen molar-refractivity contribution in [2.45, 2.75) is 13.0 Å². The summed E-state index contributed by atoms with van der Waals surface area (Å²) >= 11 is 0. The van der Waals surface area contributed by atoms with Crippen molar-refractivity contribution in [2.24, 2.45) is 0 Å². The highest BCUT2D eigenvalue weighted by Gasteiger charge is 2.14. The lowest BCUT2D eigenvalue weighted by molar-refractivity contribution is -0.146. The van der Waals surface area contributed by atoms with Gasteiger partial charge in [0.1, 0.15) is 0 Å². The Labute approximate surface area is 92.7 Å². The molecule has 0 fully saturated rings. The van der Waals surface area contributed by atoms with Gasteiger partial charge in [-0.3, -0.25) is 4.79 Å². The minimum atomic E-state index is -1.57. The second kappa shape index (κ2) is 5.27. The van der Waals surface area contributed by atoms with Crippen molar-refractivity contribution in [3.05, 3.63) is 35.4 Å². The van der Waals surface area contributed by atoms with Gasteiger partial charge in [0.25, 0.3) is 5.91 Å². The topological polar surface area (TPSA) is 86.6 Å². The van der Waals surface area contributed by atoms with Gasteiger partial charge in [0, 0.05) is 5.56 Å². The van der Waals surface area contributed by atoms with Crippen LogP contribution in [0.1, 0.15) is 15.9 Å². The molecule has 1 aromatic carbocycles. The molecule has 3 N–H and O–H groups in total. The van der Waals surface area contributed by atoms with Gasteiger partial charge in [-0.05, 0) is 19.1 Å². The number of carbonyl (C=O) groups is 2. The fourth-order valence-corrected chi connectivity index (χ4v) is 1.08. The normalized spacial score (nSPS) is 11.9. The number of amides is 1. The van der Waals surface area contributed by atoms with Crippen LogP contribution in [0.25, 0.3) is 0 Å². The monoisotopic (exact) mass is 223 g/mol. The van der Waals surface area contributed by atoms with Crippen LogP contribution in [0.4, 0.5) is 0 Å². The number of aliphatic carboxylic acids is 1. The maximum absolute atomic E-state index is 11.5. The highest BCUT2D eigenvalue weighted by atomic mass is 16.4. The van der Waals surface area contributed by atoms with Gasteiger partial charge < -0.3 is 15.5 Å². The van der Waals surface area contributed by atoms with Crippen LogP contribution >= 0.6 is 0 Å². The van der Waals surface area contributed by atoms with Crippen LogP contribution in [0.2, 0.25) is 0 Å². The van der Waals surface area contributed by atoms with Crippen molar-refractivity contribution in [2.75, 3.05) is 6.54 Å². The summed E-state index contributed by atoms with van der Waals surface area (Å²) < 4.78 is 0. The summed E-state index contributed by atoms with van der Waals surface area (Å²) in [5, 5.41) is 19.7. The van der Waals surface area contributed by atoms with E-state index in [4.69, 9.17) is 10.2 Å². The number of aryl methyl sites for hydroxylation is 1. The van der Waals surface area contributed by atoms with Crippen molar-refractivity contribution in [3.63, 3.8) is 0 Å². The SMILES string of the molecule is Cc1ccc(C(=O)NC[C@H](O)C(=O)O)cc1. The number of rotatable bonds is 4. The third-order valence-electron chi connectivity index (χ3n) is 2.05. The van der Waals surface area contributed by atoms with Crippen molar-refractivity contribution in [3.8, 4) is 0 Å². The zero-order valence-corrected chi connectivity index (χ0v) is 8.80. The van der Waals surface area contributed by atoms with E-state index < -0.39 is 18.0 Å². The number of carboxylic acid groups (broad SMARTS) is 1. The molecule has 0 saturated heterocycles. The first-order chi connectivity index (χ1) is 7.50. The minimum Gasteiger partial charge on any atom is -0.479 e. The quantitative estimate of drug-likeness (QED) is 0.679. The van der Waals surface area contributed by atoms with Gasteiger partial charge in [-0.1, -0.05) is 17.7 Å². The average Bonchev–Trinajstić information content (AvgIpc) is 2.26. The smallest absolute Gasteiger partial charge is 0.334 e. The van der Waals surface area contributed by atoms with Crippen LogP contribution in [-0.2, 0) is 4.79 Å². The molecule has 0 heterocycles. The fraction of sp³-hybridized carbons (Fsp3) is 0.273. The number of aliphatic hydroxyl groups excluding tert-OH is 1. The average molecular weight is 223 g/mol. The number of carbonyl (C=O) groups excluding carboxylic acids is 1. The second-order valence-corrected chi connectivity index (χ2v) is 3.43. The fourth-order valence-electron chi connectivity index (χ4n) is 1.08. The molecule has 86 valence electrons. The van der Waals surface area contributed by atoms with Gasteiger partial charge in [-0.25, -0.2) is 4.79 Å². The van der Waals surface area contributed by atoms with E-state index in [0.29, 0.717) is 5.56 Å². The Morgan fingerprint density at radius 1 is 1.31 bits per heavy atom. The molecule has 0 radical (unpaired) electrons. The lowest BCUT2D eigenvalue weighted by Crippen LogP contribution is -2.36. The zero-order valence-electron chi connectivity index (χ0n) is 8.80. The Bertz CT molecular complexity index is 385. The van der Waals surface area contributed by atoms with E-state index in [0.717, 1.165) is 5.56 Å². The largest absolute Gasteiger partial charge is 0.479 e. The van der Waals surface area contributed by atoms with Crippen LogP contribution in [0.5, 0.6) is 0 Å². The summed E-state index contributed by atoms with van der Waals surface area (Å²) in [4.78, 5) is 21.8. The summed E-state index contributed by atoms with van der Waals surface area (Å²) in [6, 6.07) is 6.83. The Kier molecular flexibility index (Phi) is 4.02. The number of nitrogens with one attached hydrogen (secondary N) is 1. The molecule has 1 rings (SSSR count). The van der Waals surface area contributed by atoms with Crippen molar-refractivity contribution >= 4 is 11.9 Å². The predicted octanol–water partition coefficient (Wildman–Crippen LogP) is 0.170. The molecule has 0 bridgehead atoms. The summed E-state index contributed by atoms with van der Waals surface area (Å²) in [7, 11) is 0. The maximum atomic E-state index is 11.5. The standard InChI is InChI=1S/C11H13NO4/c1-7-2-4-8(5-3-7)10(14)12-6-9(13)11(15)16/h2-5,9,13H,6H2,1H3,(H,12,14)(H,15,16)/t9-/m0/s1. The predicted molar refractivity (Wildman–Crippen MR) is 57.2 cm³/mol. The van der Waals surface area contributed by atoms with E-state index in [2.05, 4.69) is 5.32 Å². The first-order valence-corrected chi connectivity index (χ1v) is 4.76. The lowest BCUT2D eigenvalue weighted by atomic mass is 10.1. The van der Waals surface area contributed by atoms with Crippen molar-refractivity contribution in [1.82, 2.24) is 5.32 Å². The van der Waals surface area contributed by atoms with E-state index in [-0.39, 0.29) is 6.54 Å². The van der Waals surface area contributed by atoms with Crippen LogP contribution in [0, 0.1) is 6.92 Å². The molecule has 0 spiro atoms. The minimum absolute atomic E-state index is 0.304. The molecule has 5 nitrogen and oxygen atoms in total. The number of benzene rings is 1. The molecule has 0 unspecified atom stereocenters. The Balaban J connectivity index is 2.53. The second-order valence-electron chi connectivity index (χ2n) is 3.43. The maximum Gasteiger partial charge on any atom is 0.334 e. The summed E-state index contributed by atoms with van der Waals surface area (Å²) in [5.74, 6) is -1.76. The molecular weight excluding hydrogens is 210 g/mol. The van der Waals surface area contributed by atoms with Crippen LogP contribution in [0.15, 0.2) is 24.3 Å². The Morgan fingerprint density at radius 2 is 1.88 bits per heavy atom. The summed E-state index contributed by atoms with van der Waals surface area (Å²) in [6.07, 6.45) is -1.57. The number of carboxylic acids is 1. The van der Waals surface area contributed by atoms with Gasteiger partial charge in [0.15, 0.2) is 6.10 Å². The Hall–Kier alpha value is -1.88. The van der Waals surface area contributed by atoms with E-state index in [9.17, 15) is 9.59 Å². The molecule has 5 heteroatoms. The van der Waals surface area contributed by atoms with Gasteiger partial charge in [0.2, 0.25) is 0 Å². The number of aliphatic hydroxyl groups is 1. The van der Waals surface area contributed by atoms with Gasteiger partial charge in [0.05, 0.1) is 6.54 Å².